The topological polar surface area (TPSA) is 32.3 Å². The van der Waals surface area contributed by atoms with Gasteiger partial charge in [-0.2, -0.15) is 0 Å². The molecule has 4 heteroatoms. The fourth-order valence-corrected chi connectivity index (χ4v) is 3.18. The molecule has 18 heavy (non-hydrogen) atoms. The van der Waals surface area contributed by atoms with Crippen molar-refractivity contribution in [3.63, 3.8) is 0 Å². The predicted octanol–water partition coefficient (Wildman–Crippen LogP) is 3.29. The number of halogens is 1. The molecule has 2 unspecified atom stereocenters. The van der Waals surface area contributed by atoms with Gasteiger partial charge in [-0.25, -0.2) is 0 Å². The Bertz CT molecular complexity index is 489. The molecular formula is C14H17ClN2O. The number of benzene rings is 1. The van der Waals surface area contributed by atoms with Gasteiger partial charge in [0.1, 0.15) is 6.04 Å². The molecule has 3 rings (SSSR count). The zero-order valence-electron chi connectivity index (χ0n) is 10.4. The van der Waals surface area contributed by atoms with Gasteiger partial charge in [0.2, 0.25) is 5.91 Å². The van der Waals surface area contributed by atoms with E-state index in [1.165, 1.54) is 0 Å². The monoisotopic (exact) mass is 264 g/mol. The molecule has 2 heterocycles. The Morgan fingerprint density at radius 2 is 2.33 bits per heavy atom. The van der Waals surface area contributed by atoms with Crippen molar-refractivity contribution in [2.45, 2.75) is 32.2 Å². The summed E-state index contributed by atoms with van der Waals surface area (Å²) in [5.41, 5.74) is 1.96. The van der Waals surface area contributed by atoms with Crippen molar-refractivity contribution in [3.8, 4) is 0 Å². The SMILES string of the molecule is CCC1CCN2c3cc(Cl)ccc3NC(=O)C2C1. The smallest absolute Gasteiger partial charge is 0.247 e. The highest BCUT2D eigenvalue weighted by Gasteiger charge is 2.37. The summed E-state index contributed by atoms with van der Waals surface area (Å²) in [6.45, 7) is 3.15. The molecule has 2 aliphatic heterocycles. The highest BCUT2D eigenvalue weighted by atomic mass is 35.5. The number of carbonyl (C=O) groups is 1. The third-order valence-electron chi connectivity index (χ3n) is 4.12. The van der Waals surface area contributed by atoms with Crippen molar-refractivity contribution in [2.75, 3.05) is 16.8 Å². The lowest BCUT2D eigenvalue weighted by Crippen LogP contribution is -2.52. The van der Waals surface area contributed by atoms with E-state index in [1.807, 2.05) is 18.2 Å². The average Bonchev–Trinajstić information content (AvgIpc) is 2.39. The Morgan fingerprint density at radius 1 is 1.50 bits per heavy atom. The van der Waals surface area contributed by atoms with Crippen LogP contribution in [-0.4, -0.2) is 18.5 Å². The van der Waals surface area contributed by atoms with Crippen LogP contribution in [0.5, 0.6) is 0 Å². The lowest BCUT2D eigenvalue weighted by atomic mass is 9.87. The molecule has 1 amide bonds. The molecule has 0 bridgehead atoms. The number of anilines is 2. The van der Waals surface area contributed by atoms with E-state index in [4.69, 9.17) is 11.6 Å². The molecule has 3 nitrogen and oxygen atoms in total. The Balaban J connectivity index is 1.97. The first-order valence-corrected chi connectivity index (χ1v) is 6.94. The Morgan fingerprint density at radius 3 is 3.11 bits per heavy atom. The molecule has 1 aromatic rings. The largest absolute Gasteiger partial charge is 0.358 e. The maximum absolute atomic E-state index is 12.2. The number of carbonyl (C=O) groups excluding carboxylic acids is 1. The zero-order chi connectivity index (χ0) is 12.7. The minimum atomic E-state index is -0.0188. The minimum Gasteiger partial charge on any atom is -0.358 e. The summed E-state index contributed by atoms with van der Waals surface area (Å²) in [6.07, 6.45) is 3.26. The molecule has 1 saturated heterocycles. The van der Waals surface area contributed by atoms with Gasteiger partial charge < -0.3 is 10.2 Å². The van der Waals surface area contributed by atoms with Crippen molar-refractivity contribution >= 4 is 28.9 Å². The van der Waals surface area contributed by atoms with Crippen molar-refractivity contribution < 1.29 is 4.79 Å². The van der Waals surface area contributed by atoms with Gasteiger partial charge in [0.25, 0.3) is 0 Å². The normalized spacial score (nSPS) is 26.3. The third kappa shape index (κ3) is 1.87. The molecule has 0 radical (unpaired) electrons. The van der Waals surface area contributed by atoms with Crippen molar-refractivity contribution in [3.05, 3.63) is 23.2 Å². The fraction of sp³-hybridized carbons (Fsp3) is 0.500. The first kappa shape index (κ1) is 11.8. The van der Waals surface area contributed by atoms with E-state index in [-0.39, 0.29) is 11.9 Å². The number of nitrogens with one attached hydrogen (secondary N) is 1. The fourth-order valence-electron chi connectivity index (χ4n) is 3.01. The number of amides is 1. The minimum absolute atomic E-state index is 0.0188. The third-order valence-corrected chi connectivity index (χ3v) is 4.35. The maximum atomic E-state index is 12.2. The van der Waals surface area contributed by atoms with E-state index in [1.54, 1.807) is 0 Å². The van der Waals surface area contributed by atoms with Crippen LogP contribution in [0.2, 0.25) is 5.02 Å². The van der Waals surface area contributed by atoms with E-state index < -0.39 is 0 Å². The summed E-state index contributed by atoms with van der Waals surface area (Å²) in [6, 6.07) is 5.64. The molecule has 2 atom stereocenters. The van der Waals surface area contributed by atoms with Gasteiger partial charge in [0, 0.05) is 11.6 Å². The van der Waals surface area contributed by atoms with Gasteiger partial charge in [-0.15, -0.1) is 0 Å². The number of hydrogen-bond acceptors (Lipinski definition) is 2. The van der Waals surface area contributed by atoms with Crippen LogP contribution >= 0.6 is 11.6 Å². The second-order valence-corrected chi connectivity index (χ2v) is 5.60. The molecule has 2 aliphatic rings. The molecule has 1 N–H and O–H groups in total. The van der Waals surface area contributed by atoms with Crippen LogP contribution in [0.1, 0.15) is 26.2 Å². The van der Waals surface area contributed by atoms with Gasteiger partial charge in [0.05, 0.1) is 11.4 Å². The highest BCUT2D eigenvalue weighted by molar-refractivity contribution is 6.31. The standard InChI is InChI=1S/C14H17ClN2O/c1-2-9-5-6-17-12-8-10(15)3-4-11(12)16-14(18)13(17)7-9/h3-4,8-9,13H,2,5-7H2,1H3,(H,16,18). The van der Waals surface area contributed by atoms with Gasteiger partial charge in [-0.3, -0.25) is 4.79 Å². The number of rotatable bonds is 1. The molecular weight excluding hydrogens is 248 g/mol. The molecule has 0 spiro atoms. The molecule has 96 valence electrons. The van der Waals surface area contributed by atoms with E-state index in [2.05, 4.69) is 17.1 Å². The highest BCUT2D eigenvalue weighted by Crippen LogP contribution is 2.39. The van der Waals surface area contributed by atoms with E-state index >= 15 is 0 Å². The van der Waals surface area contributed by atoms with Crippen LogP contribution in [0.3, 0.4) is 0 Å². The van der Waals surface area contributed by atoms with Crippen molar-refractivity contribution in [1.82, 2.24) is 0 Å². The molecule has 0 aromatic heterocycles. The van der Waals surface area contributed by atoms with Gasteiger partial charge in [-0.1, -0.05) is 24.9 Å². The van der Waals surface area contributed by atoms with Crippen LogP contribution in [0.4, 0.5) is 11.4 Å². The molecule has 0 aliphatic carbocycles. The number of fused-ring (bicyclic) bond motifs is 3. The predicted molar refractivity (Wildman–Crippen MR) is 74.2 cm³/mol. The second kappa shape index (κ2) is 4.47. The summed E-state index contributed by atoms with van der Waals surface area (Å²) >= 11 is 6.06. The van der Waals surface area contributed by atoms with Gasteiger partial charge in [0.15, 0.2) is 0 Å². The van der Waals surface area contributed by atoms with Crippen LogP contribution in [-0.2, 0) is 4.79 Å². The number of piperidine rings is 1. The Kier molecular flexibility index (Phi) is 2.94. The molecule has 1 fully saturated rings. The Hall–Kier alpha value is -1.22. The van der Waals surface area contributed by atoms with Crippen molar-refractivity contribution in [1.29, 1.82) is 0 Å². The first-order chi connectivity index (χ1) is 8.69. The van der Waals surface area contributed by atoms with Crippen molar-refractivity contribution in [2.24, 2.45) is 5.92 Å². The summed E-state index contributed by atoms with van der Waals surface area (Å²) in [5, 5.41) is 3.72. The second-order valence-electron chi connectivity index (χ2n) is 5.16. The zero-order valence-corrected chi connectivity index (χ0v) is 11.2. The number of nitrogens with zero attached hydrogens (tertiary/aromatic N) is 1. The molecule has 1 aromatic carbocycles. The number of hydrogen-bond donors (Lipinski definition) is 1. The first-order valence-electron chi connectivity index (χ1n) is 6.56. The summed E-state index contributed by atoms with van der Waals surface area (Å²) in [7, 11) is 0. The molecule has 0 saturated carbocycles. The summed E-state index contributed by atoms with van der Waals surface area (Å²) in [4.78, 5) is 14.4. The lowest BCUT2D eigenvalue weighted by Gasteiger charge is -2.43. The van der Waals surface area contributed by atoms with E-state index in [9.17, 15) is 4.79 Å². The summed E-state index contributed by atoms with van der Waals surface area (Å²) < 4.78 is 0. The van der Waals surface area contributed by atoms with Crippen LogP contribution in [0, 0.1) is 5.92 Å². The van der Waals surface area contributed by atoms with E-state index in [0.29, 0.717) is 5.92 Å². The lowest BCUT2D eigenvalue weighted by molar-refractivity contribution is -0.118. The van der Waals surface area contributed by atoms with E-state index in [0.717, 1.165) is 42.2 Å². The average molecular weight is 265 g/mol. The summed E-state index contributed by atoms with van der Waals surface area (Å²) in [5.74, 6) is 0.792. The quantitative estimate of drug-likeness (QED) is 0.844. The van der Waals surface area contributed by atoms with Crippen LogP contribution < -0.4 is 10.2 Å². The maximum Gasteiger partial charge on any atom is 0.247 e. The van der Waals surface area contributed by atoms with Gasteiger partial charge >= 0.3 is 0 Å². The van der Waals surface area contributed by atoms with Crippen LogP contribution in [0.15, 0.2) is 18.2 Å². The van der Waals surface area contributed by atoms with Crippen LogP contribution in [0.25, 0.3) is 0 Å². The van der Waals surface area contributed by atoms with Gasteiger partial charge in [-0.05, 0) is 37.0 Å². The Labute approximate surface area is 112 Å².